The van der Waals surface area contributed by atoms with Crippen LogP contribution in [0.4, 0.5) is 0 Å². The number of amides is 2. The zero-order chi connectivity index (χ0) is 29.2. The van der Waals surface area contributed by atoms with Crippen molar-refractivity contribution in [3.8, 4) is 22.8 Å². The Kier molecular flexibility index (Phi) is 11.1. The normalized spacial score (nSPS) is 13.4. The fraction of sp³-hybridized carbons (Fsp3) is 0.452. The molecule has 1 heterocycles. The smallest absolute Gasteiger partial charge is 0.272 e. The Balaban J connectivity index is 1.95. The summed E-state index contributed by atoms with van der Waals surface area (Å²) in [5.74, 6) is 0.605. The number of aliphatic hydroxyl groups excluding tert-OH is 1. The number of ether oxygens (including phenoxy) is 2. The van der Waals surface area contributed by atoms with E-state index in [4.69, 9.17) is 14.6 Å². The van der Waals surface area contributed by atoms with Gasteiger partial charge in [0.1, 0.15) is 17.5 Å². The van der Waals surface area contributed by atoms with E-state index < -0.39 is 18.1 Å². The molecule has 9 heteroatoms. The van der Waals surface area contributed by atoms with Crippen molar-refractivity contribution in [3.63, 3.8) is 0 Å². The van der Waals surface area contributed by atoms with Crippen LogP contribution in [0, 0.1) is 5.92 Å². The lowest BCUT2D eigenvalue weighted by Gasteiger charge is -2.21. The summed E-state index contributed by atoms with van der Waals surface area (Å²) in [7, 11) is 3.17. The van der Waals surface area contributed by atoms with Gasteiger partial charge in [0.2, 0.25) is 5.91 Å². The summed E-state index contributed by atoms with van der Waals surface area (Å²) in [5.41, 5.74) is 2.61. The minimum absolute atomic E-state index is 0.0427. The molecule has 0 aliphatic rings. The second-order valence-corrected chi connectivity index (χ2v) is 10.2. The monoisotopic (exact) mass is 550 g/mol. The molecule has 0 aliphatic heterocycles. The molecule has 2 unspecified atom stereocenters. The van der Waals surface area contributed by atoms with Crippen LogP contribution in [0.2, 0.25) is 0 Å². The van der Waals surface area contributed by atoms with Gasteiger partial charge < -0.3 is 25.2 Å². The molecule has 216 valence electrons. The average molecular weight is 551 g/mol. The number of nitrogens with zero attached hydrogens (tertiary/aromatic N) is 2. The first-order valence-electron chi connectivity index (χ1n) is 13.8. The molecule has 0 spiro atoms. The van der Waals surface area contributed by atoms with Gasteiger partial charge in [0.25, 0.3) is 5.91 Å². The summed E-state index contributed by atoms with van der Waals surface area (Å²) in [6.07, 6.45) is 0.848. The van der Waals surface area contributed by atoms with Gasteiger partial charge in [-0.3, -0.25) is 14.3 Å². The van der Waals surface area contributed by atoms with E-state index in [2.05, 4.69) is 24.5 Å². The number of aliphatic hydroxyl groups is 1. The fourth-order valence-electron chi connectivity index (χ4n) is 4.33. The second-order valence-electron chi connectivity index (χ2n) is 10.2. The first-order chi connectivity index (χ1) is 19.2. The van der Waals surface area contributed by atoms with E-state index in [0.29, 0.717) is 42.0 Å². The van der Waals surface area contributed by atoms with Crippen LogP contribution in [-0.4, -0.2) is 59.6 Å². The first kappa shape index (κ1) is 30.7. The maximum atomic E-state index is 13.6. The third kappa shape index (κ3) is 7.63. The lowest BCUT2D eigenvalue weighted by atomic mass is 10.0. The summed E-state index contributed by atoms with van der Waals surface area (Å²) in [4.78, 5) is 26.7. The molecule has 3 rings (SSSR count). The van der Waals surface area contributed by atoms with Crippen LogP contribution >= 0.6 is 0 Å². The van der Waals surface area contributed by atoms with Crippen LogP contribution in [-0.2, 0) is 11.2 Å². The molecule has 2 aromatic carbocycles. The van der Waals surface area contributed by atoms with Crippen LogP contribution < -0.4 is 20.1 Å². The van der Waals surface area contributed by atoms with Crippen molar-refractivity contribution < 1.29 is 24.2 Å². The standard InChI is InChI=1S/C31H42N4O5/c1-7-23(36)19-32-30(37)24(17-16-22-12-9-8-10-13-22)33-31(38)25-18-26(35(34-25)21(4)20(2)3)29-27(39-5)14-11-15-28(29)40-6/h8-15,18,20-21,23-24,36H,7,16-17,19H2,1-6H3,(H,32,37)(H,33,38)/t21?,23?,24-/m0/s1. The largest absolute Gasteiger partial charge is 0.496 e. The molecule has 9 nitrogen and oxygen atoms in total. The number of hydrogen-bond acceptors (Lipinski definition) is 6. The van der Waals surface area contributed by atoms with Crippen molar-refractivity contribution in [2.75, 3.05) is 20.8 Å². The SMILES string of the molecule is CCC(O)CNC(=O)[C@H](CCc1ccccc1)NC(=O)c1cc(-c2c(OC)cccc2OC)n(C(C)C(C)C)n1. The molecule has 1 aromatic heterocycles. The average Bonchev–Trinajstić information content (AvgIpc) is 3.42. The highest BCUT2D eigenvalue weighted by molar-refractivity contribution is 5.97. The van der Waals surface area contributed by atoms with Gasteiger partial charge >= 0.3 is 0 Å². The maximum absolute atomic E-state index is 13.6. The number of rotatable bonds is 14. The molecule has 0 bridgehead atoms. The van der Waals surface area contributed by atoms with Gasteiger partial charge in [-0.25, -0.2) is 0 Å². The molecular weight excluding hydrogens is 508 g/mol. The first-order valence-corrected chi connectivity index (χ1v) is 13.8. The summed E-state index contributed by atoms with van der Waals surface area (Å²) in [6, 6.07) is 16.2. The second kappa shape index (κ2) is 14.5. The quantitative estimate of drug-likeness (QED) is 0.274. The van der Waals surface area contributed by atoms with Crippen LogP contribution in [0.25, 0.3) is 11.3 Å². The van der Waals surface area contributed by atoms with Crippen LogP contribution in [0.5, 0.6) is 11.5 Å². The number of methoxy groups -OCH3 is 2. The van der Waals surface area contributed by atoms with Gasteiger partial charge in [-0.1, -0.05) is 57.2 Å². The summed E-state index contributed by atoms with van der Waals surface area (Å²) in [6.45, 7) is 8.17. The van der Waals surface area contributed by atoms with Crippen molar-refractivity contribution in [1.29, 1.82) is 0 Å². The van der Waals surface area contributed by atoms with E-state index in [0.717, 1.165) is 5.56 Å². The molecule has 3 aromatic rings. The minimum Gasteiger partial charge on any atom is -0.496 e. The van der Waals surface area contributed by atoms with Crippen LogP contribution in [0.1, 0.15) is 62.6 Å². The molecule has 40 heavy (non-hydrogen) atoms. The highest BCUT2D eigenvalue weighted by atomic mass is 16.5. The van der Waals surface area contributed by atoms with Crippen molar-refractivity contribution >= 4 is 11.8 Å². The van der Waals surface area contributed by atoms with Crippen molar-refractivity contribution in [1.82, 2.24) is 20.4 Å². The van der Waals surface area contributed by atoms with Crippen LogP contribution in [0.15, 0.2) is 54.6 Å². The number of benzene rings is 2. The molecular formula is C31H42N4O5. The predicted molar refractivity (Wildman–Crippen MR) is 156 cm³/mol. The maximum Gasteiger partial charge on any atom is 0.272 e. The molecule has 3 N–H and O–H groups in total. The third-order valence-electron chi connectivity index (χ3n) is 7.17. The summed E-state index contributed by atoms with van der Waals surface area (Å²) in [5, 5.41) is 20.3. The Morgan fingerprint density at radius 3 is 2.23 bits per heavy atom. The Hall–Kier alpha value is -3.85. The van der Waals surface area contributed by atoms with Crippen LogP contribution in [0.3, 0.4) is 0 Å². The highest BCUT2D eigenvalue weighted by Gasteiger charge is 2.27. The number of carbonyl (C=O) groups excluding carboxylic acids is 2. The van der Waals surface area contributed by atoms with E-state index in [1.54, 1.807) is 20.3 Å². The van der Waals surface area contributed by atoms with Gasteiger partial charge in [0.15, 0.2) is 5.69 Å². The zero-order valence-corrected chi connectivity index (χ0v) is 24.3. The van der Waals surface area contributed by atoms with Gasteiger partial charge in [-0.15, -0.1) is 0 Å². The highest BCUT2D eigenvalue weighted by Crippen LogP contribution is 2.40. The number of aromatic nitrogens is 2. The van der Waals surface area contributed by atoms with Gasteiger partial charge in [0.05, 0.1) is 37.6 Å². The summed E-state index contributed by atoms with van der Waals surface area (Å²) < 4.78 is 13.1. The molecule has 3 atom stereocenters. The minimum atomic E-state index is -0.811. The van der Waals surface area contributed by atoms with Gasteiger partial charge in [-0.2, -0.15) is 5.10 Å². The van der Waals surface area contributed by atoms with E-state index in [9.17, 15) is 14.7 Å². The van der Waals surface area contributed by atoms with Crippen molar-refractivity contribution in [2.45, 2.75) is 65.1 Å². The van der Waals surface area contributed by atoms with E-state index in [-0.39, 0.29) is 30.1 Å². The molecule has 2 amide bonds. The summed E-state index contributed by atoms with van der Waals surface area (Å²) >= 11 is 0. The molecule has 0 aliphatic carbocycles. The molecule has 0 saturated carbocycles. The lowest BCUT2D eigenvalue weighted by molar-refractivity contribution is -0.123. The Bertz CT molecular complexity index is 1240. The van der Waals surface area contributed by atoms with E-state index in [1.807, 2.05) is 67.1 Å². The molecule has 0 radical (unpaired) electrons. The third-order valence-corrected chi connectivity index (χ3v) is 7.17. The molecule has 0 fully saturated rings. The Labute approximate surface area is 236 Å². The lowest BCUT2D eigenvalue weighted by Crippen LogP contribution is -2.48. The number of nitrogens with one attached hydrogen (secondary N) is 2. The molecule has 0 saturated heterocycles. The van der Waals surface area contributed by atoms with E-state index in [1.165, 1.54) is 0 Å². The number of hydrogen-bond donors (Lipinski definition) is 3. The van der Waals surface area contributed by atoms with Crippen molar-refractivity contribution in [2.24, 2.45) is 5.92 Å². The Morgan fingerprint density at radius 1 is 1.00 bits per heavy atom. The number of aryl methyl sites for hydroxylation is 1. The number of carbonyl (C=O) groups is 2. The van der Waals surface area contributed by atoms with Gasteiger partial charge in [-0.05, 0) is 55.9 Å². The topological polar surface area (TPSA) is 115 Å². The zero-order valence-electron chi connectivity index (χ0n) is 24.3. The van der Waals surface area contributed by atoms with Gasteiger partial charge in [0, 0.05) is 6.54 Å². The fourth-order valence-corrected chi connectivity index (χ4v) is 4.33. The Morgan fingerprint density at radius 2 is 1.65 bits per heavy atom. The van der Waals surface area contributed by atoms with E-state index >= 15 is 0 Å². The predicted octanol–water partition coefficient (Wildman–Crippen LogP) is 4.40. The van der Waals surface area contributed by atoms with Crippen molar-refractivity contribution in [3.05, 3.63) is 65.9 Å².